The van der Waals surface area contributed by atoms with E-state index in [1.807, 2.05) is 30.6 Å². The van der Waals surface area contributed by atoms with Crippen LogP contribution in [0.4, 0.5) is 5.69 Å². The van der Waals surface area contributed by atoms with Crippen LogP contribution in [0.2, 0.25) is 0 Å². The maximum absolute atomic E-state index is 12.0. The SMILES string of the molecule is Nc1cccc(OCCn2ccn(C3CC3)c2=O)c1. The van der Waals surface area contributed by atoms with E-state index in [1.165, 1.54) is 0 Å². The Kier molecular flexibility index (Phi) is 3.03. The summed E-state index contributed by atoms with van der Waals surface area (Å²) in [5.41, 5.74) is 6.40. The van der Waals surface area contributed by atoms with Crippen LogP contribution < -0.4 is 16.2 Å². The largest absolute Gasteiger partial charge is 0.492 e. The second kappa shape index (κ2) is 4.84. The molecule has 5 heteroatoms. The minimum Gasteiger partial charge on any atom is -0.492 e. The molecule has 2 N–H and O–H groups in total. The molecule has 0 aliphatic heterocycles. The first-order valence-electron chi connectivity index (χ1n) is 6.49. The third kappa shape index (κ3) is 2.65. The number of nitrogens with two attached hydrogens (primary N) is 1. The predicted octanol–water partition coefficient (Wildman–Crippen LogP) is 1.65. The Bertz CT molecular complexity index is 626. The van der Waals surface area contributed by atoms with Gasteiger partial charge < -0.3 is 10.5 Å². The van der Waals surface area contributed by atoms with Gasteiger partial charge in [0.25, 0.3) is 0 Å². The molecule has 100 valence electrons. The molecule has 0 unspecified atom stereocenters. The quantitative estimate of drug-likeness (QED) is 0.830. The highest BCUT2D eigenvalue weighted by Gasteiger charge is 2.25. The number of nitrogens with zero attached hydrogens (tertiary/aromatic N) is 2. The van der Waals surface area contributed by atoms with Gasteiger partial charge in [0.05, 0.1) is 6.54 Å². The van der Waals surface area contributed by atoms with Crippen molar-refractivity contribution in [3.8, 4) is 5.75 Å². The number of imidazole rings is 1. The summed E-state index contributed by atoms with van der Waals surface area (Å²) in [4.78, 5) is 12.0. The molecule has 0 spiro atoms. The summed E-state index contributed by atoms with van der Waals surface area (Å²) < 4.78 is 9.07. The molecule has 0 atom stereocenters. The molecule has 1 aliphatic carbocycles. The fraction of sp³-hybridized carbons (Fsp3) is 0.357. The molecule has 1 aromatic carbocycles. The van der Waals surface area contributed by atoms with Gasteiger partial charge in [-0.1, -0.05) is 6.07 Å². The highest BCUT2D eigenvalue weighted by Crippen LogP contribution is 2.33. The van der Waals surface area contributed by atoms with Crippen LogP contribution in [0, 0.1) is 0 Å². The van der Waals surface area contributed by atoms with E-state index >= 15 is 0 Å². The smallest absolute Gasteiger partial charge is 0.328 e. The Morgan fingerprint density at radius 3 is 2.89 bits per heavy atom. The van der Waals surface area contributed by atoms with E-state index in [4.69, 9.17) is 10.5 Å². The van der Waals surface area contributed by atoms with Crippen molar-refractivity contribution in [3.05, 3.63) is 47.1 Å². The van der Waals surface area contributed by atoms with Gasteiger partial charge in [0.1, 0.15) is 12.4 Å². The minimum absolute atomic E-state index is 0.0543. The maximum atomic E-state index is 12.0. The molecule has 1 aromatic heterocycles. The summed E-state index contributed by atoms with van der Waals surface area (Å²) >= 11 is 0. The van der Waals surface area contributed by atoms with E-state index in [2.05, 4.69) is 0 Å². The van der Waals surface area contributed by atoms with Gasteiger partial charge in [-0.25, -0.2) is 4.79 Å². The molecular formula is C14H17N3O2. The lowest BCUT2D eigenvalue weighted by molar-refractivity contribution is 0.296. The Morgan fingerprint density at radius 2 is 2.16 bits per heavy atom. The highest BCUT2D eigenvalue weighted by molar-refractivity contribution is 5.43. The molecule has 2 aromatic rings. The Hall–Kier alpha value is -2.17. The van der Waals surface area contributed by atoms with Gasteiger partial charge in [-0.2, -0.15) is 0 Å². The van der Waals surface area contributed by atoms with Crippen LogP contribution in [0.5, 0.6) is 5.75 Å². The lowest BCUT2D eigenvalue weighted by atomic mass is 10.3. The number of hydrogen-bond donors (Lipinski definition) is 1. The topological polar surface area (TPSA) is 62.2 Å². The van der Waals surface area contributed by atoms with Crippen LogP contribution >= 0.6 is 0 Å². The number of aromatic nitrogens is 2. The molecule has 1 aliphatic rings. The minimum atomic E-state index is 0.0543. The highest BCUT2D eigenvalue weighted by atomic mass is 16.5. The van der Waals surface area contributed by atoms with Crippen molar-refractivity contribution < 1.29 is 4.74 Å². The zero-order chi connectivity index (χ0) is 13.2. The zero-order valence-electron chi connectivity index (χ0n) is 10.7. The standard InChI is InChI=1S/C14H17N3O2/c15-11-2-1-3-13(10-11)19-9-8-16-6-7-17(14(16)18)12-4-5-12/h1-3,6-7,10,12H,4-5,8-9,15H2. The molecule has 1 heterocycles. The summed E-state index contributed by atoms with van der Waals surface area (Å²) in [6.45, 7) is 1.01. The Balaban J connectivity index is 1.59. The first-order valence-corrected chi connectivity index (χ1v) is 6.49. The fourth-order valence-electron chi connectivity index (χ4n) is 2.10. The lowest BCUT2D eigenvalue weighted by Crippen LogP contribution is -2.25. The van der Waals surface area contributed by atoms with Gasteiger partial charge in [-0.05, 0) is 25.0 Å². The number of ether oxygens (including phenoxy) is 1. The Labute approximate surface area is 111 Å². The molecular weight excluding hydrogens is 242 g/mol. The van der Waals surface area contributed by atoms with Crippen molar-refractivity contribution in [3.63, 3.8) is 0 Å². The third-order valence-electron chi connectivity index (χ3n) is 3.27. The zero-order valence-corrected chi connectivity index (χ0v) is 10.7. The van der Waals surface area contributed by atoms with E-state index in [0.29, 0.717) is 24.9 Å². The normalized spacial score (nSPS) is 14.5. The van der Waals surface area contributed by atoms with Crippen molar-refractivity contribution in [2.45, 2.75) is 25.4 Å². The number of benzene rings is 1. The monoisotopic (exact) mass is 259 g/mol. The lowest BCUT2D eigenvalue weighted by Gasteiger charge is -2.06. The van der Waals surface area contributed by atoms with Crippen LogP contribution in [0.1, 0.15) is 18.9 Å². The van der Waals surface area contributed by atoms with E-state index in [9.17, 15) is 4.79 Å². The van der Waals surface area contributed by atoms with Crippen LogP contribution in [0.3, 0.4) is 0 Å². The molecule has 0 saturated heterocycles. The van der Waals surface area contributed by atoms with Gasteiger partial charge >= 0.3 is 5.69 Å². The number of rotatable bonds is 5. The fourth-order valence-corrected chi connectivity index (χ4v) is 2.10. The first-order chi connectivity index (χ1) is 9.24. The van der Waals surface area contributed by atoms with Gasteiger partial charge in [-0.15, -0.1) is 0 Å². The summed E-state index contributed by atoms with van der Waals surface area (Å²) in [6.07, 6.45) is 5.91. The first kappa shape index (κ1) is 11.9. The second-order valence-corrected chi connectivity index (χ2v) is 4.83. The van der Waals surface area contributed by atoms with E-state index in [0.717, 1.165) is 18.6 Å². The molecule has 3 rings (SSSR count). The second-order valence-electron chi connectivity index (χ2n) is 4.83. The van der Waals surface area contributed by atoms with Crippen LogP contribution in [0.15, 0.2) is 41.5 Å². The summed E-state index contributed by atoms with van der Waals surface area (Å²) in [7, 11) is 0. The van der Waals surface area contributed by atoms with Crippen LogP contribution in [-0.4, -0.2) is 15.7 Å². The van der Waals surface area contributed by atoms with Gasteiger partial charge in [0.2, 0.25) is 0 Å². The van der Waals surface area contributed by atoms with Crippen LogP contribution in [-0.2, 0) is 6.54 Å². The molecule has 1 saturated carbocycles. The Morgan fingerprint density at radius 1 is 1.32 bits per heavy atom. The van der Waals surface area contributed by atoms with Crippen molar-refractivity contribution in [1.82, 2.24) is 9.13 Å². The van der Waals surface area contributed by atoms with E-state index in [1.54, 1.807) is 15.2 Å². The predicted molar refractivity (Wildman–Crippen MR) is 73.3 cm³/mol. The summed E-state index contributed by atoms with van der Waals surface area (Å²) in [5.74, 6) is 0.731. The van der Waals surface area contributed by atoms with Crippen molar-refractivity contribution in [1.29, 1.82) is 0 Å². The number of hydrogen-bond acceptors (Lipinski definition) is 3. The average Bonchev–Trinajstić information content (AvgIpc) is 3.16. The van der Waals surface area contributed by atoms with Gasteiger partial charge in [-0.3, -0.25) is 9.13 Å². The third-order valence-corrected chi connectivity index (χ3v) is 3.27. The van der Waals surface area contributed by atoms with Crippen molar-refractivity contribution >= 4 is 5.69 Å². The van der Waals surface area contributed by atoms with Gasteiger partial charge in [0.15, 0.2) is 0 Å². The number of nitrogen functional groups attached to an aromatic ring is 1. The van der Waals surface area contributed by atoms with E-state index in [-0.39, 0.29) is 5.69 Å². The van der Waals surface area contributed by atoms with Crippen molar-refractivity contribution in [2.24, 2.45) is 0 Å². The number of anilines is 1. The maximum Gasteiger partial charge on any atom is 0.328 e. The molecule has 0 amide bonds. The van der Waals surface area contributed by atoms with Crippen molar-refractivity contribution in [2.75, 3.05) is 12.3 Å². The summed E-state index contributed by atoms with van der Waals surface area (Å²) in [5, 5.41) is 0. The molecule has 5 nitrogen and oxygen atoms in total. The van der Waals surface area contributed by atoms with Gasteiger partial charge in [0, 0.05) is 30.2 Å². The molecule has 0 bridgehead atoms. The molecule has 19 heavy (non-hydrogen) atoms. The van der Waals surface area contributed by atoms with E-state index < -0.39 is 0 Å². The average molecular weight is 259 g/mol. The molecule has 0 radical (unpaired) electrons. The van der Waals surface area contributed by atoms with Crippen LogP contribution in [0.25, 0.3) is 0 Å². The molecule has 1 fully saturated rings. The summed E-state index contributed by atoms with van der Waals surface area (Å²) in [6, 6.07) is 7.71.